The van der Waals surface area contributed by atoms with Crippen LogP contribution in [0.1, 0.15) is 90.4 Å². The lowest BCUT2D eigenvalue weighted by atomic mass is 9.72. The molecule has 8 nitrogen and oxygen atoms in total. The fourth-order valence-electron chi connectivity index (χ4n) is 9.10. The standard InChI is InChI=1S/C31H52BrClN6O2/c1-18-37-38-31-27(16-29(40)34-12-11-19-13-21-3-6-22(32)14-26(21)35-17-19)36-30(20-4-7-23(33)8-5-20)25-15-24(41-2)9-10-28(25)39(18)31/h18-28,31,35,37-38H,3-17H2,1-2H3,(H,34,40)/t18?,19?,20?,21?,22?,23?,24?,25?,26?,27-,28?,31?/m0/s1. The molecule has 9 unspecified atom stereocenters. The number of amides is 1. The van der Waals surface area contributed by atoms with Crippen LogP contribution in [0.2, 0.25) is 0 Å². The minimum atomic E-state index is -0.112. The summed E-state index contributed by atoms with van der Waals surface area (Å²) in [5.74, 6) is 2.40. The number of rotatable bonds is 7. The first kappa shape index (κ1) is 30.7. The normalized spacial score (nSPS) is 45.1. The van der Waals surface area contributed by atoms with E-state index in [-0.39, 0.29) is 35.8 Å². The van der Waals surface area contributed by atoms with Gasteiger partial charge in [0.1, 0.15) is 0 Å². The number of halogens is 2. The molecule has 0 radical (unpaired) electrons. The highest BCUT2D eigenvalue weighted by Gasteiger charge is 2.50. The van der Waals surface area contributed by atoms with Gasteiger partial charge >= 0.3 is 0 Å². The number of hydrazine groups is 1. The second kappa shape index (κ2) is 13.8. The van der Waals surface area contributed by atoms with E-state index in [0.717, 1.165) is 70.4 Å². The highest BCUT2D eigenvalue weighted by Crippen LogP contribution is 2.42. The smallest absolute Gasteiger partial charge is 0.222 e. The molecule has 4 N–H and O–H groups in total. The molecular formula is C31H52BrClN6O2. The number of piperidine rings is 1. The third-order valence-corrected chi connectivity index (χ3v) is 12.6. The van der Waals surface area contributed by atoms with Crippen LogP contribution in [0, 0.1) is 23.7 Å². The molecule has 0 bridgehead atoms. The predicted octanol–water partition coefficient (Wildman–Crippen LogP) is 4.31. The van der Waals surface area contributed by atoms with E-state index in [2.05, 4.69) is 49.2 Å². The lowest BCUT2D eigenvalue weighted by molar-refractivity contribution is -0.121. The van der Waals surface area contributed by atoms with Crippen molar-refractivity contribution >= 4 is 39.1 Å². The maximum atomic E-state index is 13.4. The quantitative estimate of drug-likeness (QED) is 0.306. The van der Waals surface area contributed by atoms with Gasteiger partial charge in [-0.3, -0.25) is 14.7 Å². The van der Waals surface area contributed by atoms with Crippen molar-refractivity contribution in [2.45, 2.75) is 137 Å². The summed E-state index contributed by atoms with van der Waals surface area (Å²) in [5, 5.41) is 7.40. The molecular weight excluding hydrogens is 604 g/mol. The summed E-state index contributed by atoms with van der Waals surface area (Å²) in [7, 11) is 1.85. The summed E-state index contributed by atoms with van der Waals surface area (Å²) in [4.78, 5) is 22.2. The van der Waals surface area contributed by atoms with Gasteiger partial charge in [0, 0.05) is 47.6 Å². The number of aliphatic imine (C=N–C) groups is 1. The number of fused-ring (bicyclic) bond motifs is 4. The minimum absolute atomic E-state index is 0.0215. The summed E-state index contributed by atoms with van der Waals surface area (Å²) in [5.41, 5.74) is 8.38. The van der Waals surface area contributed by atoms with Gasteiger partial charge in [-0.05, 0) is 108 Å². The predicted molar refractivity (Wildman–Crippen MR) is 168 cm³/mol. The molecule has 6 aliphatic rings. The number of carbonyl (C=O) groups excluding carboxylic acids is 1. The van der Waals surface area contributed by atoms with E-state index in [4.69, 9.17) is 21.3 Å². The van der Waals surface area contributed by atoms with Gasteiger partial charge in [-0.1, -0.05) is 15.9 Å². The van der Waals surface area contributed by atoms with Crippen LogP contribution in [0.15, 0.2) is 4.99 Å². The topological polar surface area (TPSA) is 90.0 Å². The molecule has 2 saturated heterocycles. The van der Waals surface area contributed by atoms with Crippen molar-refractivity contribution in [3.05, 3.63) is 0 Å². The molecule has 6 rings (SSSR count). The number of hydrogen-bond donors (Lipinski definition) is 4. The monoisotopic (exact) mass is 654 g/mol. The van der Waals surface area contributed by atoms with Gasteiger partial charge in [-0.15, -0.1) is 11.6 Å². The third-order valence-electron chi connectivity index (χ3n) is 11.3. The maximum absolute atomic E-state index is 13.4. The number of alkyl halides is 2. The summed E-state index contributed by atoms with van der Waals surface area (Å²) in [6.45, 7) is 4.07. The van der Waals surface area contributed by atoms with Gasteiger partial charge in [0.05, 0.1) is 30.9 Å². The van der Waals surface area contributed by atoms with Crippen molar-refractivity contribution in [2.75, 3.05) is 20.2 Å². The number of carbonyl (C=O) groups is 1. The molecule has 10 heteroatoms. The van der Waals surface area contributed by atoms with Crippen LogP contribution in [-0.4, -0.2) is 83.5 Å². The summed E-state index contributed by atoms with van der Waals surface area (Å²) >= 11 is 10.4. The zero-order valence-electron chi connectivity index (χ0n) is 25.0. The van der Waals surface area contributed by atoms with E-state index in [0.29, 0.717) is 41.1 Å². The van der Waals surface area contributed by atoms with Crippen molar-refractivity contribution in [1.82, 2.24) is 26.4 Å². The highest BCUT2D eigenvalue weighted by atomic mass is 79.9. The second-order valence-electron chi connectivity index (χ2n) is 13.9. The first-order valence-electron chi connectivity index (χ1n) is 16.6. The molecule has 41 heavy (non-hydrogen) atoms. The Hall–Kier alpha value is -0.290. The van der Waals surface area contributed by atoms with E-state index in [9.17, 15) is 4.79 Å². The summed E-state index contributed by atoms with van der Waals surface area (Å²) in [6, 6.07) is 0.965. The van der Waals surface area contributed by atoms with Crippen LogP contribution in [0.25, 0.3) is 0 Å². The van der Waals surface area contributed by atoms with Crippen molar-refractivity contribution < 1.29 is 9.53 Å². The largest absolute Gasteiger partial charge is 0.381 e. The van der Waals surface area contributed by atoms with Crippen molar-refractivity contribution in [3.8, 4) is 0 Å². The van der Waals surface area contributed by atoms with Crippen LogP contribution >= 0.6 is 27.5 Å². The molecule has 5 fully saturated rings. The number of hydrogen-bond acceptors (Lipinski definition) is 7. The van der Waals surface area contributed by atoms with Crippen LogP contribution in [0.3, 0.4) is 0 Å². The van der Waals surface area contributed by atoms with Crippen LogP contribution in [-0.2, 0) is 9.53 Å². The van der Waals surface area contributed by atoms with E-state index in [1.54, 1.807) is 0 Å². The molecule has 1 amide bonds. The fourth-order valence-corrected chi connectivity index (χ4v) is 10.0. The van der Waals surface area contributed by atoms with Crippen LogP contribution < -0.4 is 21.5 Å². The molecule has 0 aromatic carbocycles. The molecule has 0 aromatic heterocycles. The average molecular weight is 656 g/mol. The van der Waals surface area contributed by atoms with Gasteiger partial charge in [-0.2, -0.15) is 0 Å². The first-order valence-corrected chi connectivity index (χ1v) is 17.9. The molecule has 10 atom stereocenters. The van der Waals surface area contributed by atoms with Crippen molar-refractivity contribution in [3.63, 3.8) is 0 Å². The third kappa shape index (κ3) is 7.02. The number of nitrogens with one attached hydrogen (secondary N) is 4. The molecule has 0 spiro atoms. The second-order valence-corrected chi connectivity index (χ2v) is 15.8. The Kier molecular flexibility index (Phi) is 10.3. The lowest BCUT2D eigenvalue weighted by Crippen LogP contribution is -2.55. The SMILES string of the molecule is COC1CCC2C(C1)C(C1CCC(Cl)CC1)=N[C@@H](CC(=O)NCCC1CNC3CC(Br)CCC3C1)C1NNC(C)N21. The van der Waals surface area contributed by atoms with Crippen LogP contribution in [0.5, 0.6) is 0 Å². The van der Waals surface area contributed by atoms with Crippen LogP contribution in [0.4, 0.5) is 0 Å². The Labute approximate surface area is 260 Å². The van der Waals surface area contributed by atoms with Gasteiger partial charge in [0.2, 0.25) is 5.91 Å². The molecule has 232 valence electrons. The first-order chi connectivity index (χ1) is 19.9. The van der Waals surface area contributed by atoms with Gasteiger partial charge in [-0.25, -0.2) is 10.9 Å². The Morgan fingerprint density at radius 1 is 1.10 bits per heavy atom. The van der Waals surface area contributed by atoms with E-state index in [1.807, 2.05) is 7.11 Å². The van der Waals surface area contributed by atoms with Gasteiger partial charge < -0.3 is 15.4 Å². The number of ether oxygens (including phenoxy) is 1. The molecule has 0 aromatic rings. The van der Waals surface area contributed by atoms with Crippen molar-refractivity contribution in [2.24, 2.45) is 28.7 Å². The van der Waals surface area contributed by atoms with Crippen molar-refractivity contribution in [1.29, 1.82) is 0 Å². The molecule has 3 aliphatic heterocycles. The summed E-state index contributed by atoms with van der Waals surface area (Å²) < 4.78 is 5.89. The Morgan fingerprint density at radius 3 is 2.73 bits per heavy atom. The number of methoxy groups -OCH3 is 1. The zero-order chi connectivity index (χ0) is 28.5. The minimum Gasteiger partial charge on any atom is -0.381 e. The summed E-state index contributed by atoms with van der Waals surface area (Å²) in [6.07, 6.45) is 14.6. The zero-order valence-corrected chi connectivity index (χ0v) is 27.3. The van der Waals surface area contributed by atoms with E-state index >= 15 is 0 Å². The maximum Gasteiger partial charge on any atom is 0.222 e. The van der Waals surface area contributed by atoms with Gasteiger partial charge in [0.25, 0.3) is 0 Å². The average Bonchev–Trinajstić information content (AvgIpc) is 3.30. The lowest BCUT2D eigenvalue weighted by Gasteiger charge is -2.44. The van der Waals surface area contributed by atoms with E-state index in [1.165, 1.54) is 31.4 Å². The van der Waals surface area contributed by atoms with Gasteiger partial charge in [0.15, 0.2) is 0 Å². The highest BCUT2D eigenvalue weighted by molar-refractivity contribution is 9.09. The Morgan fingerprint density at radius 2 is 1.93 bits per heavy atom. The Balaban J connectivity index is 1.12. The fraction of sp³-hybridized carbons (Fsp3) is 0.935. The molecule has 3 aliphatic carbocycles. The number of nitrogens with zero attached hydrogens (tertiary/aromatic N) is 2. The molecule has 3 heterocycles. The Bertz CT molecular complexity index is 934. The van der Waals surface area contributed by atoms with E-state index < -0.39 is 0 Å². The molecule has 3 saturated carbocycles.